The molecule has 0 spiro atoms. The highest BCUT2D eigenvalue weighted by atomic mass is 16.3. The van der Waals surface area contributed by atoms with Crippen LogP contribution in [0, 0.1) is 5.92 Å². The standard InChI is InChI=1S/C17H23NO/c1-4-12-13-8-6-7-9-16(13)19-17(12)14-10-15(11(14)3)18-5-2/h6-9,11,14-15,18H,4-5,10H2,1-3H3. The second-order valence-corrected chi connectivity index (χ2v) is 5.66. The fraction of sp³-hybridized carbons (Fsp3) is 0.529. The molecule has 0 amide bonds. The Bertz CT molecular complexity index is 572. The van der Waals surface area contributed by atoms with Crippen LogP contribution in [0.5, 0.6) is 0 Å². The van der Waals surface area contributed by atoms with E-state index in [9.17, 15) is 0 Å². The van der Waals surface area contributed by atoms with Gasteiger partial charge in [-0.05, 0) is 31.4 Å². The van der Waals surface area contributed by atoms with E-state index in [1.54, 1.807) is 0 Å². The van der Waals surface area contributed by atoms with Crippen LogP contribution in [0.25, 0.3) is 11.0 Å². The number of fused-ring (bicyclic) bond motifs is 1. The summed E-state index contributed by atoms with van der Waals surface area (Å²) < 4.78 is 6.16. The van der Waals surface area contributed by atoms with Crippen LogP contribution in [0.2, 0.25) is 0 Å². The minimum Gasteiger partial charge on any atom is -0.460 e. The van der Waals surface area contributed by atoms with Gasteiger partial charge in [0.05, 0.1) is 0 Å². The summed E-state index contributed by atoms with van der Waals surface area (Å²) >= 11 is 0. The molecule has 1 N–H and O–H groups in total. The molecule has 0 saturated heterocycles. The molecule has 1 fully saturated rings. The van der Waals surface area contributed by atoms with Crippen molar-refractivity contribution in [3.63, 3.8) is 0 Å². The van der Waals surface area contributed by atoms with Crippen molar-refractivity contribution in [1.82, 2.24) is 5.32 Å². The monoisotopic (exact) mass is 257 g/mol. The summed E-state index contributed by atoms with van der Waals surface area (Å²) in [5, 5.41) is 4.87. The van der Waals surface area contributed by atoms with Gasteiger partial charge in [-0.3, -0.25) is 0 Å². The first-order chi connectivity index (χ1) is 9.26. The zero-order valence-electron chi connectivity index (χ0n) is 12.1. The second kappa shape index (κ2) is 5.01. The number of hydrogen-bond acceptors (Lipinski definition) is 2. The maximum atomic E-state index is 6.16. The topological polar surface area (TPSA) is 25.2 Å². The van der Waals surface area contributed by atoms with Crippen molar-refractivity contribution in [2.24, 2.45) is 5.92 Å². The predicted octanol–water partition coefficient (Wildman–Crippen LogP) is 4.10. The van der Waals surface area contributed by atoms with Gasteiger partial charge < -0.3 is 9.73 Å². The third-order valence-electron chi connectivity index (χ3n) is 4.66. The summed E-state index contributed by atoms with van der Waals surface area (Å²) in [4.78, 5) is 0. The first kappa shape index (κ1) is 12.7. The summed E-state index contributed by atoms with van der Waals surface area (Å²) in [7, 11) is 0. The predicted molar refractivity (Wildman–Crippen MR) is 79.6 cm³/mol. The number of furan rings is 1. The molecule has 3 rings (SSSR count). The number of hydrogen-bond donors (Lipinski definition) is 1. The van der Waals surface area contributed by atoms with Gasteiger partial charge in [0, 0.05) is 22.9 Å². The lowest BCUT2D eigenvalue weighted by Gasteiger charge is -2.42. The van der Waals surface area contributed by atoms with E-state index >= 15 is 0 Å². The van der Waals surface area contributed by atoms with Gasteiger partial charge in [-0.2, -0.15) is 0 Å². The van der Waals surface area contributed by atoms with Crippen molar-refractivity contribution in [2.45, 2.75) is 45.6 Å². The number of benzene rings is 1. The number of rotatable bonds is 4. The SMILES string of the molecule is CCNC1CC(c2oc3ccccc3c2CC)C1C. The minimum absolute atomic E-state index is 0.589. The van der Waals surface area contributed by atoms with Crippen LogP contribution < -0.4 is 5.32 Å². The van der Waals surface area contributed by atoms with Crippen molar-refractivity contribution in [3.8, 4) is 0 Å². The van der Waals surface area contributed by atoms with Gasteiger partial charge in [-0.15, -0.1) is 0 Å². The van der Waals surface area contributed by atoms with Gasteiger partial charge in [0.15, 0.2) is 0 Å². The van der Waals surface area contributed by atoms with E-state index in [1.807, 2.05) is 0 Å². The van der Waals surface area contributed by atoms with E-state index in [2.05, 4.69) is 50.4 Å². The molecule has 1 aliphatic rings. The largest absolute Gasteiger partial charge is 0.460 e. The summed E-state index contributed by atoms with van der Waals surface area (Å²) in [6.45, 7) is 7.81. The van der Waals surface area contributed by atoms with Crippen LogP contribution in [0.15, 0.2) is 28.7 Å². The third kappa shape index (κ3) is 1.99. The van der Waals surface area contributed by atoms with Gasteiger partial charge in [0.1, 0.15) is 11.3 Å². The molecule has 2 nitrogen and oxygen atoms in total. The highest BCUT2D eigenvalue weighted by Crippen LogP contribution is 2.46. The average Bonchev–Trinajstić information content (AvgIpc) is 2.80. The molecular formula is C17H23NO. The molecule has 102 valence electrons. The fourth-order valence-corrected chi connectivity index (χ4v) is 3.45. The van der Waals surface area contributed by atoms with Gasteiger partial charge in [-0.1, -0.05) is 39.0 Å². The Morgan fingerprint density at radius 2 is 2.05 bits per heavy atom. The molecule has 3 atom stereocenters. The molecule has 1 heterocycles. The van der Waals surface area contributed by atoms with Crippen LogP contribution >= 0.6 is 0 Å². The molecule has 1 saturated carbocycles. The third-order valence-corrected chi connectivity index (χ3v) is 4.66. The molecule has 0 radical (unpaired) electrons. The lowest BCUT2D eigenvalue weighted by molar-refractivity contribution is 0.166. The minimum atomic E-state index is 0.589. The first-order valence-corrected chi connectivity index (χ1v) is 7.49. The van der Waals surface area contributed by atoms with Crippen molar-refractivity contribution >= 4 is 11.0 Å². The summed E-state index contributed by atoms with van der Waals surface area (Å²) in [5.41, 5.74) is 2.47. The average molecular weight is 257 g/mol. The Kier molecular flexibility index (Phi) is 3.36. The molecule has 2 aromatic rings. The molecule has 2 heteroatoms. The molecule has 1 aromatic heterocycles. The van der Waals surface area contributed by atoms with E-state index in [-0.39, 0.29) is 0 Å². The second-order valence-electron chi connectivity index (χ2n) is 5.66. The van der Waals surface area contributed by atoms with Crippen LogP contribution in [0.1, 0.15) is 44.4 Å². The lowest BCUT2D eigenvalue weighted by atomic mass is 9.68. The van der Waals surface area contributed by atoms with Crippen LogP contribution in [-0.2, 0) is 6.42 Å². The quantitative estimate of drug-likeness (QED) is 0.892. The van der Waals surface area contributed by atoms with Gasteiger partial charge >= 0.3 is 0 Å². The van der Waals surface area contributed by atoms with E-state index in [0.717, 1.165) is 18.5 Å². The van der Waals surface area contributed by atoms with Crippen molar-refractivity contribution in [3.05, 3.63) is 35.6 Å². The van der Waals surface area contributed by atoms with Crippen molar-refractivity contribution in [1.29, 1.82) is 0 Å². The number of para-hydroxylation sites is 1. The smallest absolute Gasteiger partial charge is 0.134 e. The normalized spacial score (nSPS) is 26.6. The van der Waals surface area contributed by atoms with Crippen LogP contribution in [-0.4, -0.2) is 12.6 Å². The maximum absolute atomic E-state index is 6.16. The zero-order chi connectivity index (χ0) is 13.4. The molecule has 3 unspecified atom stereocenters. The van der Waals surface area contributed by atoms with E-state index in [1.165, 1.54) is 23.1 Å². The van der Waals surface area contributed by atoms with Crippen LogP contribution in [0.3, 0.4) is 0 Å². The van der Waals surface area contributed by atoms with Gasteiger partial charge in [0.2, 0.25) is 0 Å². The Morgan fingerprint density at radius 3 is 2.74 bits per heavy atom. The van der Waals surface area contributed by atoms with Gasteiger partial charge in [-0.25, -0.2) is 0 Å². The van der Waals surface area contributed by atoms with Crippen molar-refractivity contribution < 1.29 is 4.42 Å². The summed E-state index contributed by atoms with van der Waals surface area (Å²) in [6.07, 6.45) is 2.27. The van der Waals surface area contributed by atoms with E-state index in [0.29, 0.717) is 17.9 Å². The van der Waals surface area contributed by atoms with Crippen molar-refractivity contribution in [2.75, 3.05) is 6.54 Å². The molecule has 0 aliphatic heterocycles. The van der Waals surface area contributed by atoms with Crippen LogP contribution in [0.4, 0.5) is 0 Å². The molecule has 19 heavy (non-hydrogen) atoms. The van der Waals surface area contributed by atoms with E-state index < -0.39 is 0 Å². The molecule has 1 aliphatic carbocycles. The Hall–Kier alpha value is -1.28. The maximum Gasteiger partial charge on any atom is 0.134 e. The zero-order valence-corrected chi connectivity index (χ0v) is 12.1. The lowest BCUT2D eigenvalue weighted by Crippen LogP contribution is -2.47. The fourth-order valence-electron chi connectivity index (χ4n) is 3.45. The summed E-state index contributed by atoms with van der Waals surface area (Å²) in [5.74, 6) is 2.50. The molecule has 1 aromatic carbocycles. The Morgan fingerprint density at radius 1 is 1.26 bits per heavy atom. The van der Waals surface area contributed by atoms with E-state index in [4.69, 9.17) is 4.42 Å². The first-order valence-electron chi connectivity index (χ1n) is 7.49. The Balaban J connectivity index is 1.93. The molecule has 0 bridgehead atoms. The Labute approximate surface area is 115 Å². The summed E-state index contributed by atoms with van der Waals surface area (Å²) in [6, 6.07) is 9.09. The highest BCUT2D eigenvalue weighted by Gasteiger charge is 2.41. The highest BCUT2D eigenvalue weighted by molar-refractivity contribution is 5.82. The number of nitrogens with one attached hydrogen (secondary N) is 1. The van der Waals surface area contributed by atoms with Gasteiger partial charge in [0.25, 0.3) is 0 Å². The molecular weight excluding hydrogens is 234 g/mol. The number of aryl methyl sites for hydroxylation is 1.